The molecule has 0 aromatic heterocycles. The van der Waals surface area contributed by atoms with Crippen LogP contribution in [0.5, 0.6) is 5.75 Å². The average molecular weight is 348 g/mol. The molecule has 0 fully saturated rings. The molecule has 2 rings (SSSR count). The summed E-state index contributed by atoms with van der Waals surface area (Å²) in [6.07, 6.45) is 0.276. The molecular formula is C17H17FN2O3S. The standard InChI is InChI=1S/C17H17FN2O3S/c18-13-6-8-14(9-7-13)23-12-17(22)20-19-16(21)10-11-24-15-4-2-1-3-5-15/h1-9H,10-12H2,(H,19,21)(H,20,22). The summed E-state index contributed by atoms with van der Waals surface area (Å²) < 4.78 is 17.9. The van der Waals surface area contributed by atoms with E-state index in [1.165, 1.54) is 24.3 Å². The first-order valence-corrected chi connectivity index (χ1v) is 8.26. The average Bonchev–Trinajstić information content (AvgIpc) is 2.60. The van der Waals surface area contributed by atoms with Gasteiger partial charge in [0.15, 0.2) is 6.61 Å². The van der Waals surface area contributed by atoms with Gasteiger partial charge in [0, 0.05) is 17.1 Å². The molecular weight excluding hydrogens is 331 g/mol. The van der Waals surface area contributed by atoms with Crippen molar-refractivity contribution in [3.05, 3.63) is 60.4 Å². The molecule has 0 spiro atoms. The van der Waals surface area contributed by atoms with Crippen LogP contribution in [-0.4, -0.2) is 24.2 Å². The molecule has 0 unspecified atom stereocenters. The van der Waals surface area contributed by atoms with Crippen LogP contribution in [0, 0.1) is 5.82 Å². The summed E-state index contributed by atoms with van der Waals surface area (Å²) in [5.74, 6) is -0.181. The smallest absolute Gasteiger partial charge is 0.276 e. The van der Waals surface area contributed by atoms with Crippen molar-refractivity contribution in [1.29, 1.82) is 0 Å². The highest BCUT2D eigenvalue weighted by molar-refractivity contribution is 7.99. The van der Waals surface area contributed by atoms with Crippen molar-refractivity contribution in [3.8, 4) is 5.75 Å². The van der Waals surface area contributed by atoms with Gasteiger partial charge in [0.2, 0.25) is 5.91 Å². The molecule has 0 radical (unpaired) electrons. The van der Waals surface area contributed by atoms with Crippen LogP contribution in [-0.2, 0) is 9.59 Å². The number of hydrogen-bond donors (Lipinski definition) is 2. The molecule has 24 heavy (non-hydrogen) atoms. The van der Waals surface area contributed by atoms with Gasteiger partial charge in [0.05, 0.1) is 0 Å². The van der Waals surface area contributed by atoms with Crippen molar-refractivity contribution in [1.82, 2.24) is 10.9 Å². The molecule has 2 aromatic carbocycles. The summed E-state index contributed by atoms with van der Waals surface area (Å²) in [5, 5.41) is 0. The highest BCUT2D eigenvalue weighted by Crippen LogP contribution is 2.17. The fourth-order valence-corrected chi connectivity index (χ4v) is 2.57. The first-order valence-electron chi connectivity index (χ1n) is 7.27. The Kier molecular flexibility index (Phi) is 7.10. The molecule has 2 aromatic rings. The van der Waals surface area contributed by atoms with Gasteiger partial charge in [0.1, 0.15) is 11.6 Å². The second-order valence-electron chi connectivity index (χ2n) is 4.75. The molecule has 0 aliphatic carbocycles. The minimum atomic E-state index is -0.497. The zero-order chi connectivity index (χ0) is 17.2. The summed E-state index contributed by atoms with van der Waals surface area (Å²) in [7, 11) is 0. The quantitative estimate of drug-likeness (QED) is 0.596. The lowest BCUT2D eigenvalue weighted by Crippen LogP contribution is -2.43. The van der Waals surface area contributed by atoms with Crippen molar-refractivity contribution >= 4 is 23.6 Å². The lowest BCUT2D eigenvalue weighted by atomic mass is 10.3. The van der Waals surface area contributed by atoms with Gasteiger partial charge in [-0.1, -0.05) is 18.2 Å². The van der Waals surface area contributed by atoms with Crippen LogP contribution in [0.4, 0.5) is 4.39 Å². The molecule has 0 heterocycles. The van der Waals surface area contributed by atoms with E-state index in [1.807, 2.05) is 30.3 Å². The fourth-order valence-electron chi connectivity index (χ4n) is 1.70. The number of carbonyl (C=O) groups is 2. The summed E-state index contributed by atoms with van der Waals surface area (Å²) >= 11 is 1.56. The van der Waals surface area contributed by atoms with Gasteiger partial charge in [-0.3, -0.25) is 20.4 Å². The predicted octanol–water partition coefficient (Wildman–Crippen LogP) is 2.53. The maximum atomic E-state index is 12.7. The predicted molar refractivity (Wildman–Crippen MR) is 90.0 cm³/mol. The van der Waals surface area contributed by atoms with Crippen molar-refractivity contribution < 1.29 is 18.7 Å². The molecule has 0 aliphatic rings. The number of carbonyl (C=O) groups excluding carboxylic acids is 2. The van der Waals surface area contributed by atoms with Crippen molar-refractivity contribution in [2.75, 3.05) is 12.4 Å². The first kappa shape index (κ1) is 17.8. The van der Waals surface area contributed by atoms with E-state index < -0.39 is 5.91 Å². The molecule has 2 N–H and O–H groups in total. The van der Waals surface area contributed by atoms with Crippen molar-refractivity contribution in [2.24, 2.45) is 0 Å². The third-order valence-electron chi connectivity index (χ3n) is 2.87. The third kappa shape index (κ3) is 6.70. The van der Waals surface area contributed by atoms with Crippen molar-refractivity contribution in [2.45, 2.75) is 11.3 Å². The number of thioether (sulfide) groups is 1. The number of ether oxygens (including phenoxy) is 1. The minimum absolute atomic E-state index is 0.273. The van der Waals surface area contributed by atoms with E-state index in [0.29, 0.717) is 11.5 Å². The van der Waals surface area contributed by atoms with Crippen LogP contribution >= 0.6 is 11.8 Å². The number of halogens is 1. The van der Waals surface area contributed by atoms with E-state index >= 15 is 0 Å². The van der Waals surface area contributed by atoms with Gasteiger partial charge >= 0.3 is 0 Å². The summed E-state index contributed by atoms with van der Waals surface area (Å²) in [4.78, 5) is 24.3. The number of rotatable bonds is 7. The second-order valence-corrected chi connectivity index (χ2v) is 5.92. The molecule has 0 saturated heterocycles. The number of hydrazine groups is 1. The number of benzene rings is 2. The van der Waals surface area contributed by atoms with Crippen LogP contribution < -0.4 is 15.6 Å². The summed E-state index contributed by atoms with van der Waals surface area (Å²) in [6, 6.07) is 15.0. The van der Waals surface area contributed by atoms with Gasteiger partial charge < -0.3 is 4.74 Å². The van der Waals surface area contributed by atoms with Crippen molar-refractivity contribution in [3.63, 3.8) is 0 Å². The maximum absolute atomic E-state index is 12.7. The van der Waals surface area contributed by atoms with Gasteiger partial charge in [-0.2, -0.15) is 0 Å². The Morgan fingerprint density at radius 1 is 0.958 bits per heavy atom. The van der Waals surface area contributed by atoms with Gasteiger partial charge in [-0.25, -0.2) is 4.39 Å². The lowest BCUT2D eigenvalue weighted by molar-refractivity contribution is -0.129. The van der Waals surface area contributed by atoms with E-state index in [1.54, 1.807) is 11.8 Å². The van der Waals surface area contributed by atoms with Crippen LogP contribution in [0.15, 0.2) is 59.5 Å². The highest BCUT2D eigenvalue weighted by atomic mass is 32.2. The third-order valence-corrected chi connectivity index (χ3v) is 3.88. The Bertz CT molecular complexity index is 665. The largest absolute Gasteiger partial charge is 0.484 e. The van der Waals surface area contributed by atoms with Crippen LogP contribution in [0.1, 0.15) is 6.42 Å². The monoisotopic (exact) mass is 348 g/mol. The van der Waals surface area contributed by atoms with E-state index in [9.17, 15) is 14.0 Å². The molecule has 126 valence electrons. The number of hydrogen-bond acceptors (Lipinski definition) is 4. The fraction of sp³-hybridized carbons (Fsp3) is 0.176. The van der Waals surface area contributed by atoms with Crippen LogP contribution in [0.3, 0.4) is 0 Å². The number of nitrogens with one attached hydrogen (secondary N) is 2. The Hall–Kier alpha value is -2.54. The molecule has 0 aliphatic heterocycles. The molecule has 0 saturated carbocycles. The maximum Gasteiger partial charge on any atom is 0.276 e. The highest BCUT2D eigenvalue weighted by Gasteiger charge is 2.06. The first-order chi connectivity index (χ1) is 11.6. The normalized spacial score (nSPS) is 10.0. The molecule has 0 bridgehead atoms. The SMILES string of the molecule is O=C(CCSc1ccccc1)NNC(=O)COc1ccc(F)cc1. The Balaban J connectivity index is 1.59. The van der Waals surface area contributed by atoms with Gasteiger partial charge in [0.25, 0.3) is 5.91 Å². The number of amides is 2. The topological polar surface area (TPSA) is 67.4 Å². The van der Waals surface area contributed by atoms with E-state index in [4.69, 9.17) is 4.74 Å². The van der Waals surface area contributed by atoms with E-state index in [-0.39, 0.29) is 24.8 Å². The molecule has 0 atom stereocenters. The van der Waals surface area contributed by atoms with Crippen LogP contribution in [0.25, 0.3) is 0 Å². The lowest BCUT2D eigenvalue weighted by Gasteiger charge is -2.08. The zero-order valence-electron chi connectivity index (χ0n) is 12.8. The van der Waals surface area contributed by atoms with Gasteiger partial charge in [-0.05, 0) is 36.4 Å². The minimum Gasteiger partial charge on any atom is -0.484 e. The van der Waals surface area contributed by atoms with E-state index in [2.05, 4.69) is 10.9 Å². The zero-order valence-corrected chi connectivity index (χ0v) is 13.6. The summed E-state index contributed by atoms with van der Waals surface area (Å²) in [5.41, 5.74) is 4.59. The summed E-state index contributed by atoms with van der Waals surface area (Å²) in [6.45, 7) is -0.273. The molecule has 2 amide bonds. The Morgan fingerprint density at radius 2 is 1.62 bits per heavy atom. The van der Waals surface area contributed by atoms with E-state index in [0.717, 1.165) is 4.90 Å². The van der Waals surface area contributed by atoms with Gasteiger partial charge in [-0.15, -0.1) is 11.8 Å². The van der Waals surface area contributed by atoms with Crippen LogP contribution in [0.2, 0.25) is 0 Å². The Morgan fingerprint density at radius 3 is 2.33 bits per heavy atom. The molecule has 7 heteroatoms. The Labute approximate surface area is 143 Å². The molecule has 5 nitrogen and oxygen atoms in total. The second kappa shape index (κ2) is 9.57.